The number of fused-ring (bicyclic) bond motifs is 1. The third kappa shape index (κ3) is 5.73. The van der Waals surface area contributed by atoms with Gasteiger partial charge in [0.15, 0.2) is 6.61 Å². The van der Waals surface area contributed by atoms with Gasteiger partial charge in [-0.25, -0.2) is 13.2 Å². The highest BCUT2D eigenvalue weighted by molar-refractivity contribution is 8.01. The first-order valence-corrected chi connectivity index (χ1v) is 12.7. The molecule has 3 rings (SSSR count). The number of hydrogen-bond donors (Lipinski definition) is 2. The molecule has 1 heterocycles. The van der Waals surface area contributed by atoms with Gasteiger partial charge >= 0.3 is 5.97 Å². The summed E-state index contributed by atoms with van der Waals surface area (Å²) in [6.07, 6.45) is 0. The summed E-state index contributed by atoms with van der Waals surface area (Å²) in [5.74, 6) is -1.42. The van der Waals surface area contributed by atoms with Crippen LogP contribution in [0.1, 0.15) is 31.1 Å². The van der Waals surface area contributed by atoms with Crippen molar-refractivity contribution >= 4 is 50.9 Å². The molecule has 2 N–H and O–H groups in total. The van der Waals surface area contributed by atoms with E-state index in [-0.39, 0.29) is 21.6 Å². The molecule has 0 spiro atoms. The van der Waals surface area contributed by atoms with Crippen molar-refractivity contribution in [3.8, 4) is 0 Å². The zero-order chi connectivity index (χ0) is 24.2. The number of esters is 1. The fourth-order valence-corrected chi connectivity index (χ4v) is 5.56. The maximum atomic E-state index is 12.5. The highest BCUT2D eigenvalue weighted by atomic mass is 32.2. The van der Waals surface area contributed by atoms with Gasteiger partial charge in [-0.05, 0) is 49.4 Å². The van der Waals surface area contributed by atoms with Crippen LogP contribution in [0.5, 0.6) is 0 Å². The predicted octanol–water partition coefficient (Wildman–Crippen LogP) is 2.95. The van der Waals surface area contributed by atoms with Crippen molar-refractivity contribution in [1.82, 2.24) is 4.31 Å². The van der Waals surface area contributed by atoms with E-state index in [2.05, 4.69) is 10.6 Å². The minimum atomic E-state index is -3.59. The number of nitrogens with zero attached hydrogens (tertiary/aromatic N) is 1. The highest BCUT2D eigenvalue weighted by Crippen LogP contribution is 2.36. The summed E-state index contributed by atoms with van der Waals surface area (Å²) in [5, 5.41) is 5.08. The molecule has 33 heavy (non-hydrogen) atoms. The molecule has 0 fully saturated rings. The zero-order valence-corrected chi connectivity index (χ0v) is 20.1. The second-order valence-corrected chi connectivity index (χ2v) is 10.5. The lowest BCUT2D eigenvalue weighted by atomic mass is 10.2. The topological polar surface area (TPSA) is 122 Å². The average Bonchev–Trinajstić information content (AvgIpc) is 2.79. The monoisotopic (exact) mass is 491 g/mol. The van der Waals surface area contributed by atoms with Crippen LogP contribution in [0.15, 0.2) is 52.3 Å². The van der Waals surface area contributed by atoms with Gasteiger partial charge < -0.3 is 15.4 Å². The maximum Gasteiger partial charge on any atom is 0.338 e. The number of hydrogen-bond acceptors (Lipinski definition) is 7. The van der Waals surface area contributed by atoms with Gasteiger partial charge in [-0.2, -0.15) is 4.31 Å². The average molecular weight is 492 g/mol. The molecule has 0 bridgehead atoms. The normalized spacial score (nSPS) is 15.5. The maximum absolute atomic E-state index is 12.5. The number of rotatable bonds is 8. The number of benzene rings is 2. The third-order valence-electron chi connectivity index (χ3n) is 4.96. The van der Waals surface area contributed by atoms with Crippen molar-refractivity contribution in [1.29, 1.82) is 0 Å². The number of carbonyl (C=O) groups is 3. The fraction of sp³-hybridized carbons (Fsp3) is 0.318. The summed E-state index contributed by atoms with van der Waals surface area (Å²) in [5.41, 5.74) is 1.11. The molecule has 0 saturated carbocycles. The van der Waals surface area contributed by atoms with Gasteiger partial charge in [-0.15, -0.1) is 11.8 Å². The van der Waals surface area contributed by atoms with E-state index in [1.165, 1.54) is 46.4 Å². The van der Waals surface area contributed by atoms with Crippen molar-refractivity contribution in [2.45, 2.75) is 35.8 Å². The molecule has 2 amide bonds. The Morgan fingerprint density at radius 3 is 2.42 bits per heavy atom. The Morgan fingerprint density at radius 2 is 1.79 bits per heavy atom. The molecule has 11 heteroatoms. The van der Waals surface area contributed by atoms with E-state index < -0.39 is 28.5 Å². The summed E-state index contributed by atoms with van der Waals surface area (Å²) in [6, 6.07) is 10.6. The van der Waals surface area contributed by atoms with E-state index in [9.17, 15) is 22.8 Å². The van der Waals surface area contributed by atoms with Crippen molar-refractivity contribution in [3.63, 3.8) is 0 Å². The first-order chi connectivity index (χ1) is 15.6. The number of amides is 2. The van der Waals surface area contributed by atoms with E-state index in [1.807, 2.05) is 0 Å². The van der Waals surface area contributed by atoms with Crippen LogP contribution in [0.2, 0.25) is 0 Å². The van der Waals surface area contributed by atoms with Crippen LogP contribution in [0.4, 0.5) is 11.4 Å². The van der Waals surface area contributed by atoms with Crippen LogP contribution in [0.25, 0.3) is 0 Å². The van der Waals surface area contributed by atoms with Crippen molar-refractivity contribution < 1.29 is 27.5 Å². The summed E-state index contributed by atoms with van der Waals surface area (Å²) in [6.45, 7) is 5.51. The Balaban J connectivity index is 1.57. The molecule has 1 unspecified atom stereocenters. The molecule has 0 radical (unpaired) electrons. The van der Waals surface area contributed by atoms with Gasteiger partial charge in [0.1, 0.15) is 0 Å². The van der Waals surface area contributed by atoms with Crippen LogP contribution < -0.4 is 10.6 Å². The summed E-state index contributed by atoms with van der Waals surface area (Å²) in [4.78, 5) is 37.3. The molecule has 0 saturated heterocycles. The Morgan fingerprint density at radius 1 is 1.12 bits per heavy atom. The second-order valence-electron chi connectivity index (χ2n) is 7.20. The van der Waals surface area contributed by atoms with Crippen molar-refractivity contribution in [3.05, 3.63) is 48.0 Å². The van der Waals surface area contributed by atoms with Gasteiger partial charge in [0.05, 0.1) is 21.4 Å². The second kappa shape index (κ2) is 10.4. The molecule has 0 aromatic heterocycles. The highest BCUT2D eigenvalue weighted by Gasteiger charge is 2.24. The molecule has 2 aromatic carbocycles. The van der Waals surface area contributed by atoms with E-state index in [0.29, 0.717) is 24.5 Å². The van der Waals surface area contributed by atoms with Gasteiger partial charge in [-0.1, -0.05) is 13.8 Å². The quantitative estimate of drug-likeness (QED) is 0.545. The molecule has 1 aliphatic rings. The Labute approximate surface area is 196 Å². The van der Waals surface area contributed by atoms with Crippen LogP contribution in [-0.2, 0) is 24.3 Å². The zero-order valence-electron chi connectivity index (χ0n) is 18.5. The van der Waals surface area contributed by atoms with Gasteiger partial charge in [0.2, 0.25) is 15.9 Å². The number of carbonyl (C=O) groups excluding carboxylic acids is 3. The Bertz CT molecular complexity index is 1160. The number of ether oxygens (including phenoxy) is 1. The molecule has 1 atom stereocenters. The largest absolute Gasteiger partial charge is 0.452 e. The van der Waals surface area contributed by atoms with Crippen LogP contribution in [0, 0.1) is 0 Å². The number of thioether (sulfide) groups is 1. The summed E-state index contributed by atoms with van der Waals surface area (Å²) < 4.78 is 31.4. The molecule has 2 aromatic rings. The van der Waals surface area contributed by atoms with Crippen LogP contribution in [-0.4, -0.2) is 55.5 Å². The smallest absolute Gasteiger partial charge is 0.338 e. The van der Waals surface area contributed by atoms with Gasteiger partial charge in [0.25, 0.3) is 5.91 Å². The number of anilines is 2. The van der Waals surface area contributed by atoms with E-state index in [0.717, 1.165) is 4.90 Å². The van der Waals surface area contributed by atoms with Crippen molar-refractivity contribution in [2.24, 2.45) is 0 Å². The third-order valence-corrected chi connectivity index (χ3v) is 8.20. The Kier molecular flexibility index (Phi) is 7.77. The molecule has 0 aliphatic carbocycles. The number of sulfonamides is 1. The lowest BCUT2D eigenvalue weighted by Crippen LogP contribution is -2.30. The standard InChI is InChI=1S/C22H25N3O6S2/c1-4-25(5-2)33(29,30)17-9-7-16(8-10-17)23-20(26)13-31-22(28)15-6-11-19-18(12-15)24-21(27)14(3)32-19/h6-12,14H,4-5,13H2,1-3H3,(H,23,26)(H,24,27). The lowest BCUT2D eigenvalue weighted by Gasteiger charge is -2.21. The molecule has 9 nitrogen and oxygen atoms in total. The first-order valence-electron chi connectivity index (χ1n) is 10.3. The lowest BCUT2D eigenvalue weighted by molar-refractivity contribution is -0.119. The van der Waals surface area contributed by atoms with Crippen LogP contribution >= 0.6 is 11.8 Å². The Hall–Kier alpha value is -2.89. The minimum Gasteiger partial charge on any atom is -0.452 e. The molecular weight excluding hydrogens is 466 g/mol. The number of nitrogens with one attached hydrogen (secondary N) is 2. The first kappa shape index (κ1) is 24.7. The van der Waals surface area contributed by atoms with Gasteiger partial charge in [0, 0.05) is 23.7 Å². The van der Waals surface area contributed by atoms with Crippen molar-refractivity contribution in [2.75, 3.05) is 30.3 Å². The van der Waals surface area contributed by atoms with Crippen LogP contribution in [0.3, 0.4) is 0 Å². The van der Waals surface area contributed by atoms with E-state index in [4.69, 9.17) is 4.74 Å². The van der Waals surface area contributed by atoms with E-state index in [1.54, 1.807) is 32.9 Å². The minimum absolute atomic E-state index is 0.127. The molecule has 176 valence electrons. The molecule has 1 aliphatic heterocycles. The fourth-order valence-electron chi connectivity index (χ4n) is 3.17. The summed E-state index contributed by atoms with van der Waals surface area (Å²) >= 11 is 1.40. The SMILES string of the molecule is CCN(CC)S(=O)(=O)c1ccc(NC(=O)COC(=O)c2ccc3c(c2)NC(=O)C(C)S3)cc1. The van der Waals surface area contributed by atoms with Gasteiger partial charge in [-0.3, -0.25) is 9.59 Å². The van der Waals surface area contributed by atoms with E-state index >= 15 is 0 Å². The molecular formula is C22H25N3O6S2. The summed E-state index contributed by atoms with van der Waals surface area (Å²) in [7, 11) is -3.59. The predicted molar refractivity (Wildman–Crippen MR) is 126 cm³/mol.